The Morgan fingerprint density at radius 1 is 1.17 bits per heavy atom. The lowest BCUT2D eigenvalue weighted by atomic mass is 10.2. The number of benzene rings is 2. The molecular weight excluding hydrogens is 401 g/mol. The molecule has 10 heteroatoms. The van der Waals surface area contributed by atoms with Gasteiger partial charge in [-0.3, -0.25) is 4.79 Å². The Morgan fingerprint density at radius 2 is 1.97 bits per heavy atom. The molecule has 8 nitrogen and oxygen atoms in total. The first-order valence-electron chi connectivity index (χ1n) is 8.29. The number of methoxy groups -OCH3 is 2. The number of hydrogen-bond donors (Lipinski definition) is 1. The number of aromatic nitrogens is 2. The van der Waals surface area contributed by atoms with E-state index in [1.54, 1.807) is 12.1 Å². The van der Waals surface area contributed by atoms with E-state index in [0.717, 1.165) is 24.9 Å². The predicted molar refractivity (Wildman–Crippen MR) is 103 cm³/mol. The lowest BCUT2D eigenvalue weighted by molar-refractivity contribution is -0.113. The topological polar surface area (TPSA) is 104 Å². The number of nitrogens with one attached hydrogen (secondary N) is 1. The van der Waals surface area contributed by atoms with Gasteiger partial charge in [0.2, 0.25) is 5.91 Å². The lowest BCUT2D eigenvalue weighted by Gasteiger charge is -2.07. The number of hydrogen-bond acceptors (Lipinski definition) is 8. The zero-order valence-electron chi connectivity index (χ0n) is 15.5. The maximum absolute atomic E-state index is 13.7. The van der Waals surface area contributed by atoms with E-state index in [1.807, 2.05) is 12.1 Å². The van der Waals surface area contributed by atoms with Gasteiger partial charge in [0.25, 0.3) is 11.1 Å². The number of carbonyl (C=O) groups is 2. The van der Waals surface area contributed by atoms with Crippen molar-refractivity contribution in [2.75, 3.05) is 25.3 Å². The summed E-state index contributed by atoms with van der Waals surface area (Å²) in [5.41, 5.74) is 0.634. The molecule has 0 aliphatic heterocycles. The number of anilines is 1. The van der Waals surface area contributed by atoms with Crippen LogP contribution in [0.25, 0.3) is 11.5 Å². The first-order valence-corrected chi connectivity index (χ1v) is 9.27. The maximum atomic E-state index is 13.7. The van der Waals surface area contributed by atoms with Crippen molar-refractivity contribution in [3.63, 3.8) is 0 Å². The molecule has 29 heavy (non-hydrogen) atoms. The van der Waals surface area contributed by atoms with Crippen LogP contribution in [-0.4, -0.2) is 42.0 Å². The van der Waals surface area contributed by atoms with Crippen molar-refractivity contribution in [3.05, 3.63) is 53.8 Å². The predicted octanol–water partition coefficient (Wildman–Crippen LogP) is 3.40. The quantitative estimate of drug-likeness (QED) is 0.461. The minimum Gasteiger partial charge on any atom is -0.496 e. The van der Waals surface area contributed by atoms with Gasteiger partial charge in [-0.2, -0.15) is 0 Å². The average molecular weight is 417 g/mol. The number of ether oxygens (including phenoxy) is 2. The van der Waals surface area contributed by atoms with E-state index in [4.69, 9.17) is 9.15 Å². The molecule has 3 aromatic rings. The fraction of sp³-hybridized carbons (Fsp3) is 0.158. The molecule has 1 amide bonds. The smallest absolute Gasteiger partial charge is 0.340 e. The highest BCUT2D eigenvalue weighted by molar-refractivity contribution is 7.99. The molecule has 2 aromatic carbocycles. The number of rotatable bonds is 7. The Balaban J connectivity index is 1.62. The molecule has 0 radical (unpaired) electrons. The lowest BCUT2D eigenvalue weighted by Crippen LogP contribution is -2.15. The van der Waals surface area contributed by atoms with E-state index in [2.05, 4.69) is 20.3 Å². The first kappa shape index (κ1) is 20.3. The molecular formula is C19H16FN3O5S. The normalized spacial score (nSPS) is 10.4. The molecule has 0 unspecified atom stereocenters. The Kier molecular flexibility index (Phi) is 6.45. The van der Waals surface area contributed by atoms with Gasteiger partial charge in [0.1, 0.15) is 11.6 Å². The highest BCUT2D eigenvalue weighted by Crippen LogP contribution is 2.30. The van der Waals surface area contributed by atoms with Crippen molar-refractivity contribution in [2.24, 2.45) is 0 Å². The second-order valence-electron chi connectivity index (χ2n) is 5.60. The van der Waals surface area contributed by atoms with Crippen LogP contribution in [0, 0.1) is 5.82 Å². The third-order valence-electron chi connectivity index (χ3n) is 3.73. The highest BCUT2D eigenvalue weighted by atomic mass is 32.2. The van der Waals surface area contributed by atoms with Crippen molar-refractivity contribution >= 4 is 29.3 Å². The molecule has 1 N–H and O–H groups in total. The summed E-state index contributed by atoms with van der Waals surface area (Å²) < 4.78 is 29.0. The van der Waals surface area contributed by atoms with Crippen molar-refractivity contribution in [1.29, 1.82) is 0 Å². The molecule has 0 spiro atoms. The molecule has 1 heterocycles. The minimum absolute atomic E-state index is 0.0293. The van der Waals surface area contributed by atoms with Gasteiger partial charge in [-0.05, 0) is 30.3 Å². The van der Waals surface area contributed by atoms with E-state index in [9.17, 15) is 14.0 Å². The van der Waals surface area contributed by atoms with Crippen molar-refractivity contribution in [2.45, 2.75) is 5.22 Å². The number of amides is 1. The van der Waals surface area contributed by atoms with Crippen LogP contribution in [0.4, 0.5) is 10.1 Å². The molecule has 3 rings (SSSR count). The van der Waals surface area contributed by atoms with Crippen molar-refractivity contribution in [3.8, 4) is 17.2 Å². The number of halogens is 1. The Hall–Kier alpha value is -3.40. The van der Waals surface area contributed by atoms with Gasteiger partial charge in [0.15, 0.2) is 0 Å². The van der Waals surface area contributed by atoms with Gasteiger partial charge in [-0.1, -0.05) is 23.9 Å². The van der Waals surface area contributed by atoms with E-state index in [1.165, 1.54) is 19.2 Å². The van der Waals surface area contributed by atoms with E-state index in [0.29, 0.717) is 11.3 Å². The number of para-hydroxylation sites is 1. The number of carbonyl (C=O) groups excluding carboxylic acids is 2. The van der Waals surface area contributed by atoms with Gasteiger partial charge < -0.3 is 19.2 Å². The van der Waals surface area contributed by atoms with Gasteiger partial charge in [-0.15, -0.1) is 10.2 Å². The summed E-state index contributed by atoms with van der Waals surface area (Å²) in [5, 5.41) is 10.6. The SMILES string of the molecule is COC(=O)c1cc(NC(=O)CSc2nnc(-c3ccccc3OC)o2)ccc1F. The van der Waals surface area contributed by atoms with Gasteiger partial charge >= 0.3 is 5.97 Å². The molecule has 0 saturated heterocycles. The second-order valence-corrected chi connectivity index (χ2v) is 6.52. The summed E-state index contributed by atoms with van der Waals surface area (Å²) in [5.74, 6) is -1.13. The summed E-state index contributed by atoms with van der Waals surface area (Å²) in [7, 11) is 2.68. The van der Waals surface area contributed by atoms with Gasteiger partial charge in [-0.25, -0.2) is 9.18 Å². The van der Waals surface area contributed by atoms with E-state index >= 15 is 0 Å². The van der Waals surface area contributed by atoms with Crippen LogP contribution in [0.1, 0.15) is 10.4 Å². The summed E-state index contributed by atoms with van der Waals surface area (Å²) in [6, 6.07) is 10.8. The van der Waals surface area contributed by atoms with Crippen LogP contribution in [0.2, 0.25) is 0 Å². The zero-order chi connectivity index (χ0) is 20.8. The minimum atomic E-state index is -0.831. The monoisotopic (exact) mass is 417 g/mol. The van der Waals surface area contributed by atoms with Gasteiger partial charge in [0, 0.05) is 5.69 Å². The molecule has 0 aliphatic carbocycles. The van der Waals surface area contributed by atoms with Crippen LogP contribution in [0.15, 0.2) is 52.1 Å². The number of thioether (sulfide) groups is 1. The largest absolute Gasteiger partial charge is 0.496 e. The Morgan fingerprint density at radius 3 is 2.72 bits per heavy atom. The molecule has 0 atom stereocenters. The summed E-state index contributed by atoms with van der Waals surface area (Å²) >= 11 is 1.04. The standard InChI is InChI=1S/C19H16FN3O5S/c1-26-15-6-4-3-5-12(15)17-22-23-19(28-17)29-10-16(24)21-11-7-8-14(20)13(9-11)18(25)27-2/h3-9H,10H2,1-2H3,(H,21,24). The highest BCUT2D eigenvalue weighted by Gasteiger charge is 2.16. The Labute approximate surface area is 169 Å². The number of nitrogens with zero attached hydrogens (tertiary/aromatic N) is 2. The number of esters is 1. The first-order chi connectivity index (χ1) is 14.0. The van der Waals surface area contributed by atoms with E-state index < -0.39 is 17.7 Å². The molecule has 150 valence electrons. The average Bonchev–Trinajstić information content (AvgIpc) is 3.22. The van der Waals surface area contributed by atoms with Crippen molar-refractivity contribution in [1.82, 2.24) is 10.2 Å². The van der Waals surface area contributed by atoms with Crippen LogP contribution in [-0.2, 0) is 9.53 Å². The fourth-order valence-corrected chi connectivity index (χ4v) is 2.96. The fourth-order valence-electron chi connectivity index (χ4n) is 2.39. The van der Waals surface area contributed by atoms with E-state index in [-0.39, 0.29) is 28.1 Å². The third-order valence-corrected chi connectivity index (χ3v) is 4.54. The van der Waals surface area contributed by atoms with Gasteiger partial charge in [0.05, 0.1) is 31.1 Å². The molecule has 0 aliphatic rings. The van der Waals surface area contributed by atoms with Crippen LogP contribution < -0.4 is 10.1 Å². The summed E-state index contributed by atoms with van der Waals surface area (Å²) in [6.07, 6.45) is 0. The zero-order valence-corrected chi connectivity index (χ0v) is 16.3. The van der Waals surface area contributed by atoms with Crippen LogP contribution >= 0.6 is 11.8 Å². The van der Waals surface area contributed by atoms with Crippen LogP contribution in [0.5, 0.6) is 5.75 Å². The molecule has 0 fully saturated rings. The van der Waals surface area contributed by atoms with Crippen molar-refractivity contribution < 1.29 is 27.9 Å². The molecule has 1 aromatic heterocycles. The Bertz CT molecular complexity index is 1040. The molecule has 0 saturated carbocycles. The van der Waals surface area contributed by atoms with Crippen LogP contribution in [0.3, 0.4) is 0 Å². The summed E-state index contributed by atoms with van der Waals surface area (Å²) in [6.45, 7) is 0. The molecule has 0 bridgehead atoms. The summed E-state index contributed by atoms with van der Waals surface area (Å²) in [4.78, 5) is 23.7. The maximum Gasteiger partial charge on any atom is 0.340 e. The second kappa shape index (κ2) is 9.20. The third kappa shape index (κ3) is 4.91.